The number of hydrogen-bond donors (Lipinski definition) is 0. The van der Waals surface area contributed by atoms with E-state index in [2.05, 4.69) is 169 Å². The minimum absolute atomic E-state index is 0.810. The summed E-state index contributed by atoms with van der Waals surface area (Å²) in [5.41, 5.74) is 6.88. The summed E-state index contributed by atoms with van der Waals surface area (Å²) in [6, 6.07) is 47.3. The van der Waals surface area contributed by atoms with E-state index < -0.39 is 0 Å². The average molecular weight is 747 g/mol. The van der Waals surface area contributed by atoms with Crippen LogP contribution in [-0.4, -0.2) is 19.9 Å². The molecule has 0 saturated carbocycles. The van der Waals surface area contributed by atoms with E-state index in [1.807, 2.05) is 24.8 Å². The number of anilines is 6. The van der Waals surface area contributed by atoms with E-state index in [0.717, 1.165) is 85.4 Å². The molecule has 0 atom stereocenters. The monoisotopic (exact) mass is 746 g/mol. The van der Waals surface area contributed by atoms with Gasteiger partial charge in [0, 0.05) is 57.9 Å². The minimum Gasteiger partial charge on any atom is -0.279 e. The van der Waals surface area contributed by atoms with E-state index >= 15 is 0 Å². The van der Waals surface area contributed by atoms with Gasteiger partial charge >= 0.3 is 0 Å². The van der Waals surface area contributed by atoms with Crippen LogP contribution in [-0.2, 0) is 6.42 Å². The number of benzene rings is 6. The third kappa shape index (κ3) is 5.64. The van der Waals surface area contributed by atoms with Crippen LogP contribution >= 0.6 is 0 Å². The van der Waals surface area contributed by atoms with Crippen molar-refractivity contribution in [1.82, 2.24) is 19.9 Å². The van der Waals surface area contributed by atoms with E-state index in [4.69, 9.17) is 19.9 Å². The van der Waals surface area contributed by atoms with E-state index in [9.17, 15) is 0 Å². The number of pyridine rings is 4. The van der Waals surface area contributed by atoms with Gasteiger partial charge in [-0.2, -0.15) is 0 Å². The van der Waals surface area contributed by atoms with Crippen molar-refractivity contribution in [2.24, 2.45) is 0 Å². The molecule has 0 N–H and O–H groups in total. The van der Waals surface area contributed by atoms with Crippen LogP contribution in [0.15, 0.2) is 164 Å². The maximum absolute atomic E-state index is 5.05. The molecule has 0 radical (unpaired) electrons. The van der Waals surface area contributed by atoms with Gasteiger partial charge in [0.25, 0.3) is 0 Å². The van der Waals surface area contributed by atoms with Gasteiger partial charge in [-0.3, -0.25) is 9.80 Å². The Balaban J connectivity index is 1.11. The first kappa shape index (κ1) is 33.9. The van der Waals surface area contributed by atoms with Gasteiger partial charge in [0.05, 0.1) is 0 Å². The molecule has 0 spiro atoms. The summed E-state index contributed by atoms with van der Waals surface area (Å²) in [5.74, 6) is 3.33. The third-order valence-corrected chi connectivity index (χ3v) is 11.8. The average Bonchev–Trinajstić information content (AvgIpc) is 3.28. The Labute approximate surface area is 336 Å². The first-order valence-corrected chi connectivity index (χ1v) is 19.8. The molecule has 0 bridgehead atoms. The standard InChI is InChI=1S/C52H38N6/c1-33-44-21-19-42(57(49-25-36-12-3-6-15-39(36)30-54-49)50-26-37-13-4-7-16-40(37)31-55-50)28-47(44)34(2)48-29-43(20-22-45(33)48)58(51-27-38-14-5-8-17-41(38)32-56-51)52-46-18-10-9-11-35(46)23-24-53-52/h3-8,10,12-32H,9,11H2,1-2H3. The summed E-state index contributed by atoms with van der Waals surface area (Å²) in [6.07, 6.45) is 14.3. The molecule has 11 rings (SSSR count). The Hall–Kier alpha value is -7.44. The lowest BCUT2D eigenvalue weighted by Crippen LogP contribution is -2.16. The highest BCUT2D eigenvalue weighted by molar-refractivity contribution is 6.08. The van der Waals surface area contributed by atoms with Crippen LogP contribution in [0.4, 0.5) is 34.6 Å². The Bertz CT molecular complexity index is 3220. The van der Waals surface area contributed by atoms with Gasteiger partial charge in [-0.05, 0) is 130 Å². The quantitative estimate of drug-likeness (QED) is 0.158. The molecule has 1 aliphatic carbocycles. The van der Waals surface area contributed by atoms with E-state index in [0.29, 0.717) is 0 Å². The predicted molar refractivity (Wildman–Crippen MR) is 241 cm³/mol. The van der Waals surface area contributed by atoms with Gasteiger partial charge in [0.1, 0.15) is 23.3 Å². The molecule has 6 heteroatoms. The molecule has 4 aromatic heterocycles. The number of nitrogens with zero attached hydrogens (tertiary/aromatic N) is 6. The molecule has 58 heavy (non-hydrogen) atoms. The number of hydrogen-bond acceptors (Lipinski definition) is 6. The fourth-order valence-corrected chi connectivity index (χ4v) is 8.75. The first-order chi connectivity index (χ1) is 28.6. The Morgan fingerprint density at radius 1 is 0.448 bits per heavy atom. The van der Waals surface area contributed by atoms with E-state index in [1.165, 1.54) is 38.2 Å². The highest BCUT2D eigenvalue weighted by Gasteiger charge is 2.23. The van der Waals surface area contributed by atoms with Gasteiger partial charge < -0.3 is 0 Å². The first-order valence-electron chi connectivity index (χ1n) is 19.8. The van der Waals surface area contributed by atoms with Gasteiger partial charge in [-0.15, -0.1) is 0 Å². The van der Waals surface area contributed by atoms with Crippen LogP contribution < -0.4 is 9.80 Å². The second-order valence-corrected chi connectivity index (χ2v) is 15.2. The molecule has 276 valence electrons. The predicted octanol–water partition coefficient (Wildman–Crippen LogP) is 13.5. The topological polar surface area (TPSA) is 58.0 Å². The van der Waals surface area contributed by atoms with Crippen molar-refractivity contribution in [2.45, 2.75) is 26.7 Å². The van der Waals surface area contributed by atoms with E-state index in [-0.39, 0.29) is 0 Å². The number of fused-ring (bicyclic) bond motifs is 6. The zero-order valence-corrected chi connectivity index (χ0v) is 32.3. The molecule has 1 aliphatic rings. The Kier molecular flexibility index (Phi) is 7.96. The molecular weight excluding hydrogens is 709 g/mol. The summed E-state index contributed by atoms with van der Waals surface area (Å²) in [4.78, 5) is 24.5. The highest BCUT2D eigenvalue weighted by Crippen LogP contribution is 2.43. The fourth-order valence-electron chi connectivity index (χ4n) is 8.75. The molecule has 0 saturated heterocycles. The van der Waals surface area contributed by atoms with Crippen LogP contribution in [0, 0.1) is 13.8 Å². The van der Waals surface area contributed by atoms with Gasteiger partial charge in [0.2, 0.25) is 0 Å². The highest BCUT2D eigenvalue weighted by atomic mass is 15.2. The van der Waals surface area contributed by atoms with Crippen molar-refractivity contribution in [1.29, 1.82) is 0 Å². The molecule has 6 aromatic carbocycles. The summed E-state index contributed by atoms with van der Waals surface area (Å²) in [6.45, 7) is 4.48. The van der Waals surface area contributed by atoms with Gasteiger partial charge in [0.15, 0.2) is 0 Å². The fraction of sp³-hybridized carbons (Fsp3) is 0.0769. The number of aryl methyl sites for hydroxylation is 3. The maximum Gasteiger partial charge on any atom is 0.146 e. The van der Waals surface area contributed by atoms with Crippen LogP contribution in [0.3, 0.4) is 0 Å². The third-order valence-electron chi connectivity index (χ3n) is 11.8. The van der Waals surface area contributed by atoms with Crippen molar-refractivity contribution >= 4 is 94.6 Å². The molecule has 0 unspecified atom stereocenters. The SMILES string of the molecule is Cc1c2ccc(N(c3cc4ccccc4cn3)c3cc4ccccc4cn3)cc2c(C)c2cc(N(c3cc4ccccc4cn3)c3nccc4c3C=CCC4)ccc12. The largest absolute Gasteiger partial charge is 0.279 e. The lowest BCUT2D eigenvalue weighted by Gasteiger charge is -2.27. The Morgan fingerprint density at radius 3 is 1.45 bits per heavy atom. The van der Waals surface area contributed by atoms with E-state index in [1.54, 1.807) is 0 Å². The second kappa shape index (κ2) is 13.6. The van der Waals surface area contributed by atoms with Crippen molar-refractivity contribution in [3.8, 4) is 0 Å². The molecule has 4 heterocycles. The van der Waals surface area contributed by atoms with Gasteiger partial charge in [-0.1, -0.05) is 97.1 Å². The van der Waals surface area contributed by atoms with Crippen molar-refractivity contribution in [3.63, 3.8) is 0 Å². The van der Waals surface area contributed by atoms with Gasteiger partial charge in [-0.25, -0.2) is 19.9 Å². The zero-order valence-electron chi connectivity index (χ0n) is 32.3. The molecule has 0 aliphatic heterocycles. The lowest BCUT2D eigenvalue weighted by atomic mass is 9.92. The summed E-state index contributed by atoms with van der Waals surface area (Å²) < 4.78 is 0. The van der Waals surface area contributed by atoms with Crippen molar-refractivity contribution < 1.29 is 0 Å². The second-order valence-electron chi connectivity index (χ2n) is 15.2. The summed E-state index contributed by atoms with van der Waals surface area (Å²) in [7, 11) is 0. The summed E-state index contributed by atoms with van der Waals surface area (Å²) >= 11 is 0. The summed E-state index contributed by atoms with van der Waals surface area (Å²) in [5, 5.41) is 11.5. The minimum atomic E-state index is 0.810. The number of aromatic nitrogens is 4. The Morgan fingerprint density at radius 2 is 0.914 bits per heavy atom. The smallest absolute Gasteiger partial charge is 0.146 e. The molecule has 0 fully saturated rings. The molecule has 10 aromatic rings. The molecule has 6 nitrogen and oxygen atoms in total. The van der Waals surface area contributed by atoms with Crippen LogP contribution in [0.25, 0.3) is 59.9 Å². The van der Waals surface area contributed by atoms with Crippen LogP contribution in [0.5, 0.6) is 0 Å². The van der Waals surface area contributed by atoms with Crippen LogP contribution in [0.2, 0.25) is 0 Å². The maximum atomic E-state index is 5.05. The lowest BCUT2D eigenvalue weighted by molar-refractivity contribution is 0.971. The molecular formula is C52H38N6. The number of rotatable bonds is 6. The van der Waals surface area contributed by atoms with Crippen LogP contribution in [0.1, 0.15) is 28.7 Å². The normalized spacial score (nSPS) is 12.4. The molecule has 0 amide bonds. The zero-order chi connectivity index (χ0) is 38.7. The number of allylic oxidation sites excluding steroid dienone is 1. The van der Waals surface area contributed by atoms with Crippen molar-refractivity contribution in [3.05, 3.63) is 187 Å². The van der Waals surface area contributed by atoms with Crippen molar-refractivity contribution in [2.75, 3.05) is 9.80 Å².